The number of hydrogen-bond acceptors (Lipinski definition) is 5. The number of benzene rings is 2. The van der Waals surface area contributed by atoms with Crippen molar-refractivity contribution in [2.24, 2.45) is 0 Å². The van der Waals surface area contributed by atoms with Crippen molar-refractivity contribution in [2.75, 3.05) is 5.32 Å². The Kier molecular flexibility index (Phi) is 3.58. The molecule has 0 bridgehead atoms. The molecule has 0 atom stereocenters. The molecule has 2 aromatic heterocycles. The molecule has 0 radical (unpaired) electrons. The SMILES string of the molecule is Cc1ccc(C(=O)Nc2nc3ccc4nc(C)sc4c3s2)c(C)c1. The highest BCUT2D eigenvalue weighted by molar-refractivity contribution is 7.28. The van der Waals surface area contributed by atoms with Gasteiger partial charge in [0.2, 0.25) is 0 Å². The molecule has 2 heterocycles. The summed E-state index contributed by atoms with van der Waals surface area (Å²) >= 11 is 3.16. The van der Waals surface area contributed by atoms with Crippen LogP contribution in [0.5, 0.6) is 0 Å². The first-order valence-corrected chi connectivity index (χ1v) is 9.20. The van der Waals surface area contributed by atoms with Crippen LogP contribution >= 0.6 is 22.7 Å². The summed E-state index contributed by atoms with van der Waals surface area (Å²) in [7, 11) is 0. The predicted molar refractivity (Wildman–Crippen MR) is 101 cm³/mol. The van der Waals surface area contributed by atoms with Gasteiger partial charge >= 0.3 is 0 Å². The van der Waals surface area contributed by atoms with Crippen LogP contribution in [-0.2, 0) is 0 Å². The summed E-state index contributed by atoms with van der Waals surface area (Å²) in [5.74, 6) is -0.122. The number of carbonyl (C=O) groups is 1. The zero-order chi connectivity index (χ0) is 16.8. The third-order valence-electron chi connectivity index (χ3n) is 3.87. The zero-order valence-electron chi connectivity index (χ0n) is 13.5. The number of thiazole rings is 2. The molecule has 2 aromatic carbocycles. The lowest BCUT2D eigenvalue weighted by Gasteiger charge is -2.06. The van der Waals surface area contributed by atoms with Crippen LogP contribution in [0.4, 0.5) is 5.13 Å². The number of nitrogens with zero attached hydrogens (tertiary/aromatic N) is 2. The topological polar surface area (TPSA) is 54.9 Å². The average molecular weight is 353 g/mol. The highest BCUT2D eigenvalue weighted by atomic mass is 32.1. The van der Waals surface area contributed by atoms with Crippen LogP contribution in [-0.4, -0.2) is 15.9 Å². The molecule has 1 N–H and O–H groups in total. The van der Waals surface area contributed by atoms with Gasteiger partial charge in [-0.2, -0.15) is 0 Å². The van der Waals surface area contributed by atoms with E-state index in [1.165, 1.54) is 11.3 Å². The number of amides is 1. The second-order valence-electron chi connectivity index (χ2n) is 5.79. The molecule has 0 aliphatic rings. The van der Waals surface area contributed by atoms with E-state index in [1.807, 2.05) is 51.1 Å². The molecule has 0 saturated carbocycles. The Morgan fingerprint density at radius 3 is 2.42 bits per heavy atom. The Morgan fingerprint density at radius 2 is 1.67 bits per heavy atom. The summed E-state index contributed by atoms with van der Waals surface area (Å²) in [5, 5.41) is 4.59. The van der Waals surface area contributed by atoms with E-state index >= 15 is 0 Å². The molecule has 4 rings (SSSR count). The van der Waals surface area contributed by atoms with E-state index in [9.17, 15) is 4.79 Å². The number of fused-ring (bicyclic) bond motifs is 3. The standard InChI is InChI=1S/C18H15N3OS2/c1-9-4-5-12(10(2)8-9)17(22)21-18-20-14-7-6-13-15(16(14)24-18)23-11(3)19-13/h4-8H,1-3H3,(H,20,21,22). The van der Waals surface area contributed by atoms with Crippen molar-refractivity contribution < 1.29 is 4.79 Å². The fraction of sp³-hybridized carbons (Fsp3) is 0.167. The van der Waals surface area contributed by atoms with Gasteiger partial charge in [-0.05, 0) is 44.5 Å². The fourth-order valence-electron chi connectivity index (χ4n) is 2.77. The molecule has 4 nitrogen and oxygen atoms in total. The van der Waals surface area contributed by atoms with Crippen molar-refractivity contribution in [3.05, 3.63) is 52.0 Å². The van der Waals surface area contributed by atoms with Crippen molar-refractivity contribution in [3.63, 3.8) is 0 Å². The number of carbonyl (C=O) groups excluding carboxylic acids is 1. The van der Waals surface area contributed by atoms with Crippen LogP contribution in [0.15, 0.2) is 30.3 Å². The van der Waals surface area contributed by atoms with E-state index in [1.54, 1.807) is 11.3 Å². The second-order valence-corrected chi connectivity index (χ2v) is 7.99. The number of hydrogen-bond donors (Lipinski definition) is 1. The quantitative estimate of drug-likeness (QED) is 0.546. The van der Waals surface area contributed by atoms with Gasteiger partial charge in [-0.3, -0.25) is 10.1 Å². The minimum absolute atomic E-state index is 0.122. The minimum atomic E-state index is -0.122. The summed E-state index contributed by atoms with van der Waals surface area (Å²) in [6.45, 7) is 5.97. The lowest BCUT2D eigenvalue weighted by Crippen LogP contribution is -2.13. The highest BCUT2D eigenvalue weighted by Crippen LogP contribution is 2.35. The van der Waals surface area contributed by atoms with Gasteiger partial charge in [0, 0.05) is 5.56 Å². The maximum atomic E-state index is 12.5. The minimum Gasteiger partial charge on any atom is -0.298 e. The molecule has 0 aliphatic heterocycles. The maximum absolute atomic E-state index is 12.5. The van der Waals surface area contributed by atoms with Crippen LogP contribution in [0.25, 0.3) is 20.4 Å². The summed E-state index contributed by atoms with van der Waals surface area (Å²) in [6, 6.07) is 9.76. The van der Waals surface area contributed by atoms with Crippen molar-refractivity contribution in [2.45, 2.75) is 20.8 Å². The highest BCUT2D eigenvalue weighted by Gasteiger charge is 2.14. The second kappa shape index (κ2) is 5.65. The largest absolute Gasteiger partial charge is 0.298 e. The van der Waals surface area contributed by atoms with Gasteiger partial charge in [0.05, 0.1) is 25.4 Å². The fourth-order valence-corrected chi connectivity index (χ4v) is 4.77. The van der Waals surface area contributed by atoms with E-state index in [2.05, 4.69) is 15.3 Å². The zero-order valence-corrected chi connectivity index (χ0v) is 15.1. The van der Waals surface area contributed by atoms with Gasteiger partial charge in [-0.15, -0.1) is 11.3 Å². The van der Waals surface area contributed by atoms with Crippen LogP contribution in [0.2, 0.25) is 0 Å². The van der Waals surface area contributed by atoms with Crippen LogP contribution in [0, 0.1) is 20.8 Å². The summed E-state index contributed by atoms with van der Waals surface area (Å²) < 4.78 is 2.21. The summed E-state index contributed by atoms with van der Waals surface area (Å²) in [6.07, 6.45) is 0. The van der Waals surface area contributed by atoms with Gasteiger partial charge in [-0.25, -0.2) is 9.97 Å². The number of anilines is 1. The molecule has 0 aliphatic carbocycles. The van der Waals surface area contributed by atoms with Crippen molar-refractivity contribution in [3.8, 4) is 0 Å². The molecule has 4 aromatic rings. The Morgan fingerprint density at radius 1 is 0.958 bits per heavy atom. The van der Waals surface area contributed by atoms with E-state index in [0.29, 0.717) is 10.7 Å². The Bertz CT molecular complexity index is 1090. The van der Waals surface area contributed by atoms with Crippen molar-refractivity contribution in [1.82, 2.24) is 9.97 Å². The number of aryl methyl sites for hydroxylation is 3. The third-order valence-corrected chi connectivity index (χ3v) is 6.00. The summed E-state index contributed by atoms with van der Waals surface area (Å²) in [5.41, 5.74) is 4.67. The third kappa shape index (κ3) is 2.57. The number of nitrogens with one attached hydrogen (secondary N) is 1. The van der Waals surface area contributed by atoms with Gasteiger partial charge in [0.25, 0.3) is 5.91 Å². The maximum Gasteiger partial charge on any atom is 0.257 e. The van der Waals surface area contributed by atoms with E-state index in [-0.39, 0.29) is 5.91 Å². The Labute approximate surface area is 147 Å². The van der Waals surface area contributed by atoms with Gasteiger partial charge in [-0.1, -0.05) is 29.0 Å². The van der Waals surface area contributed by atoms with E-state index in [4.69, 9.17) is 0 Å². The lowest BCUT2D eigenvalue weighted by atomic mass is 10.1. The Balaban J connectivity index is 1.71. The number of rotatable bonds is 2. The first-order valence-electron chi connectivity index (χ1n) is 7.56. The molecular weight excluding hydrogens is 338 g/mol. The van der Waals surface area contributed by atoms with Crippen LogP contribution in [0.1, 0.15) is 26.5 Å². The first-order chi connectivity index (χ1) is 11.5. The molecule has 24 heavy (non-hydrogen) atoms. The molecule has 0 fully saturated rings. The first kappa shape index (κ1) is 15.2. The normalized spacial score (nSPS) is 11.3. The molecule has 120 valence electrons. The lowest BCUT2D eigenvalue weighted by molar-refractivity contribution is 0.102. The van der Waals surface area contributed by atoms with Crippen molar-refractivity contribution >= 4 is 54.1 Å². The summed E-state index contributed by atoms with van der Waals surface area (Å²) in [4.78, 5) is 21.6. The molecule has 1 amide bonds. The molecule has 0 spiro atoms. The van der Waals surface area contributed by atoms with Gasteiger partial charge in [0.15, 0.2) is 5.13 Å². The van der Waals surface area contributed by atoms with Crippen LogP contribution in [0.3, 0.4) is 0 Å². The predicted octanol–water partition coefficient (Wildman–Crippen LogP) is 5.08. The van der Waals surface area contributed by atoms with Gasteiger partial charge < -0.3 is 0 Å². The van der Waals surface area contributed by atoms with Crippen LogP contribution < -0.4 is 5.32 Å². The number of aromatic nitrogens is 2. The monoisotopic (exact) mass is 353 g/mol. The van der Waals surface area contributed by atoms with Crippen molar-refractivity contribution in [1.29, 1.82) is 0 Å². The molecular formula is C18H15N3OS2. The van der Waals surface area contributed by atoms with E-state index in [0.717, 1.165) is 36.6 Å². The smallest absolute Gasteiger partial charge is 0.257 e. The van der Waals surface area contributed by atoms with Gasteiger partial charge in [0.1, 0.15) is 0 Å². The average Bonchev–Trinajstić information content (AvgIpc) is 3.08. The Hall–Kier alpha value is -2.31. The molecule has 6 heteroatoms. The molecule has 0 saturated heterocycles. The molecule has 0 unspecified atom stereocenters. The van der Waals surface area contributed by atoms with E-state index < -0.39 is 0 Å².